The number of aromatic nitrogens is 1. The van der Waals surface area contributed by atoms with E-state index in [9.17, 15) is 9.90 Å². The molecule has 1 N–H and O–H groups in total. The molecule has 0 atom stereocenters. The number of phenols is 1. The van der Waals surface area contributed by atoms with E-state index in [1.807, 2.05) is 64.4 Å². The highest BCUT2D eigenvalue weighted by molar-refractivity contribution is 6.30. The molecule has 4 heteroatoms. The number of benzene rings is 1. The molecule has 0 radical (unpaired) electrons. The molecule has 27 heavy (non-hydrogen) atoms. The monoisotopic (exact) mass is 389 g/mol. The van der Waals surface area contributed by atoms with Gasteiger partial charge in [0.15, 0.2) is 5.78 Å². The fourth-order valence-corrected chi connectivity index (χ4v) is 3.43. The minimum Gasteiger partial charge on any atom is -0.507 e. The van der Waals surface area contributed by atoms with E-state index in [4.69, 9.17) is 11.6 Å². The van der Waals surface area contributed by atoms with Crippen molar-refractivity contribution in [2.75, 3.05) is 0 Å². The molecule has 1 aromatic heterocycles. The standard InChI is InChI=1S/C23H32ClNO2/c1-8-9-10-25-14-16(13-19(25)24)20(26)15-11-17(22(2,3)4)21(27)18(12-15)23(5,6)7/h11-14,27H,8-10H2,1-7H3. The molecule has 2 rings (SSSR count). The lowest BCUT2D eigenvalue weighted by atomic mass is 9.78. The predicted octanol–water partition coefficient (Wildman–Crippen LogP) is 6.47. The van der Waals surface area contributed by atoms with Gasteiger partial charge in [-0.15, -0.1) is 0 Å². The Balaban J connectivity index is 2.56. The van der Waals surface area contributed by atoms with E-state index in [2.05, 4.69) is 6.92 Å². The average Bonchev–Trinajstić information content (AvgIpc) is 2.91. The van der Waals surface area contributed by atoms with Crippen molar-refractivity contribution in [3.63, 3.8) is 0 Å². The van der Waals surface area contributed by atoms with E-state index in [1.165, 1.54) is 0 Å². The van der Waals surface area contributed by atoms with Crippen LogP contribution in [0.2, 0.25) is 5.15 Å². The number of aryl methyl sites for hydroxylation is 1. The van der Waals surface area contributed by atoms with Crippen molar-refractivity contribution < 1.29 is 9.90 Å². The first kappa shape index (κ1) is 21.6. The smallest absolute Gasteiger partial charge is 0.194 e. The summed E-state index contributed by atoms with van der Waals surface area (Å²) in [6.07, 6.45) is 3.92. The molecule has 1 aromatic carbocycles. The summed E-state index contributed by atoms with van der Waals surface area (Å²) in [5.74, 6) is 0.216. The Morgan fingerprint density at radius 1 is 1.00 bits per heavy atom. The van der Waals surface area contributed by atoms with Crippen LogP contribution in [0.25, 0.3) is 0 Å². The highest BCUT2D eigenvalue weighted by Crippen LogP contribution is 2.40. The van der Waals surface area contributed by atoms with Crippen LogP contribution in [0.3, 0.4) is 0 Å². The number of halogens is 1. The first-order valence-corrected chi connectivity index (χ1v) is 10.0. The average molecular weight is 390 g/mol. The van der Waals surface area contributed by atoms with Gasteiger partial charge in [-0.1, -0.05) is 66.5 Å². The molecule has 0 amide bonds. The Kier molecular flexibility index (Phi) is 6.16. The van der Waals surface area contributed by atoms with Gasteiger partial charge in [-0.2, -0.15) is 0 Å². The van der Waals surface area contributed by atoms with Gasteiger partial charge in [-0.25, -0.2) is 0 Å². The van der Waals surface area contributed by atoms with Gasteiger partial charge in [0.2, 0.25) is 0 Å². The van der Waals surface area contributed by atoms with Crippen LogP contribution >= 0.6 is 11.6 Å². The molecule has 0 bridgehead atoms. The van der Waals surface area contributed by atoms with Gasteiger partial charge in [0.1, 0.15) is 10.9 Å². The molecule has 0 saturated heterocycles. The second kappa shape index (κ2) is 7.71. The van der Waals surface area contributed by atoms with Crippen molar-refractivity contribution >= 4 is 17.4 Å². The van der Waals surface area contributed by atoms with Gasteiger partial charge >= 0.3 is 0 Å². The zero-order valence-electron chi connectivity index (χ0n) is 17.6. The van der Waals surface area contributed by atoms with E-state index in [0.29, 0.717) is 16.3 Å². The van der Waals surface area contributed by atoms with Crippen LogP contribution in [0.4, 0.5) is 0 Å². The molecule has 0 aliphatic carbocycles. The topological polar surface area (TPSA) is 42.2 Å². The zero-order valence-corrected chi connectivity index (χ0v) is 18.4. The Labute approximate surface area is 168 Å². The maximum atomic E-state index is 13.2. The van der Waals surface area contributed by atoms with Gasteiger partial charge in [0, 0.05) is 35.0 Å². The summed E-state index contributed by atoms with van der Waals surface area (Å²) in [5, 5.41) is 11.4. The first-order valence-electron chi connectivity index (χ1n) is 9.64. The van der Waals surface area contributed by atoms with Gasteiger partial charge in [0.25, 0.3) is 0 Å². The maximum absolute atomic E-state index is 13.2. The van der Waals surface area contributed by atoms with Crippen molar-refractivity contribution in [2.24, 2.45) is 0 Å². The SMILES string of the molecule is CCCCn1cc(C(=O)c2cc(C(C)(C)C)c(O)c(C(C)(C)C)c2)cc1Cl. The molecule has 0 saturated carbocycles. The lowest BCUT2D eigenvalue weighted by Crippen LogP contribution is -2.19. The number of carbonyl (C=O) groups is 1. The van der Waals surface area contributed by atoms with Crippen molar-refractivity contribution in [3.05, 3.63) is 51.8 Å². The van der Waals surface area contributed by atoms with Crippen LogP contribution in [0.15, 0.2) is 24.4 Å². The minimum absolute atomic E-state index is 0.0665. The van der Waals surface area contributed by atoms with Gasteiger partial charge in [-0.05, 0) is 35.4 Å². The molecule has 0 unspecified atom stereocenters. The largest absolute Gasteiger partial charge is 0.507 e. The van der Waals surface area contributed by atoms with Crippen LogP contribution in [-0.2, 0) is 17.4 Å². The Hall–Kier alpha value is -1.74. The molecular formula is C23H32ClNO2. The molecular weight excluding hydrogens is 358 g/mol. The van der Waals surface area contributed by atoms with Gasteiger partial charge in [0.05, 0.1) is 0 Å². The Morgan fingerprint density at radius 3 is 1.96 bits per heavy atom. The molecule has 1 heterocycles. The number of unbranched alkanes of at least 4 members (excludes halogenated alkanes) is 1. The lowest BCUT2D eigenvalue weighted by molar-refractivity contribution is 0.103. The Bertz CT molecular complexity index is 800. The maximum Gasteiger partial charge on any atom is 0.194 e. The molecule has 3 nitrogen and oxygen atoms in total. The molecule has 148 valence electrons. The number of nitrogens with zero attached hydrogens (tertiary/aromatic N) is 1. The summed E-state index contributed by atoms with van der Waals surface area (Å²) in [6.45, 7) is 15.2. The van der Waals surface area contributed by atoms with Crippen molar-refractivity contribution in [1.29, 1.82) is 0 Å². The number of carbonyl (C=O) groups excluding carboxylic acids is 1. The highest BCUT2D eigenvalue weighted by Gasteiger charge is 2.28. The normalized spacial score (nSPS) is 12.4. The quantitative estimate of drug-likeness (QED) is 0.595. The van der Waals surface area contributed by atoms with Crippen molar-refractivity contribution in [1.82, 2.24) is 4.57 Å². The summed E-state index contributed by atoms with van der Waals surface area (Å²) in [5.41, 5.74) is 2.20. The van der Waals surface area contributed by atoms with Crippen molar-refractivity contribution in [3.8, 4) is 5.75 Å². The summed E-state index contributed by atoms with van der Waals surface area (Å²) < 4.78 is 1.92. The predicted molar refractivity (Wildman–Crippen MR) is 113 cm³/mol. The van der Waals surface area contributed by atoms with E-state index >= 15 is 0 Å². The summed E-state index contributed by atoms with van der Waals surface area (Å²) in [6, 6.07) is 5.38. The van der Waals surface area contributed by atoms with Gasteiger partial charge in [-0.3, -0.25) is 4.79 Å². The Morgan fingerprint density at radius 2 is 1.52 bits per heavy atom. The number of aromatic hydroxyl groups is 1. The number of rotatable bonds is 5. The summed E-state index contributed by atoms with van der Waals surface area (Å²) in [4.78, 5) is 13.2. The number of ketones is 1. The molecule has 2 aromatic rings. The number of hydrogen-bond donors (Lipinski definition) is 1. The third-order valence-corrected chi connectivity index (χ3v) is 5.17. The third-order valence-electron chi connectivity index (χ3n) is 4.85. The number of phenolic OH excluding ortho intramolecular Hbond substituents is 1. The molecule has 0 spiro atoms. The van der Waals surface area contributed by atoms with E-state index in [-0.39, 0.29) is 22.4 Å². The van der Waals surface area contributed by atoms with E-state index in [0.717, 1.165) is 30.5 Å². The fourth-order valence-electron chi connectivity index (χ4n) is 3.18. The zero-order chi connectivity index (χ0) is 20.6. The van der Waals surface area contributed by atoms with E-state index < -0.39 is 0 Å². The highest BCUT2D eigenvalue weighted by atomic mass is 35.5. The third kappa shape index (κ3) is 4.76. The summed E-state index contributed by atoms with van der Waals surface area (Å²) >= 11 is 6.32. The molecule has 0 fully saturated rings. The van der Waals surface area contributed by atoms with Crippen LogP contribution in [0, 0.1) is 0 Å². The fraction of sp³-hybridized carbons (Fsp3) is 0.522. The van der Waals surface area contributed by atoms with Crippen LogP contribution in [0.5, 0.6) is 5.75 Å². The second-order valence-electron chi connectivity index (χ2n) is 9.35. The molecule has 0 aliphatic heterocycles. The molecule has 0 aliphatic rings. The second-order valence-corrected chi connectivity index (χ2v) is 9.73. The van der Waals surface area contributed by atoms with Crippen molar-refractivity contribution in [2.45, 2.75) is 78.7 Å². The summed E-state index contributed by atoms with van der Waals surface area (Å²) in [7, 11) is 0. The van der Waals surface area contributed by atoms with E-state index in [1.54, 1.807) is 6.07 Å². The van der Waals surface area contributed by atoms with Crippen LogP contribution in [-0.4, -0.2) is 15.5 Å². The van der Waals surface area contributed by atoms with Gasteiger partial charge < -0.3 is 9.67 Å². The van der Waals surface area contributed by atoms with Crippen LogP contribution in [0.1, 0.15) is 88.4 Å². The lowest BCUT2D eigenvalue weighted by Gasteiger charge is -2.28. The first-order chi connectivity index (χ1) is 12.4. The number of hydrogen-bond acceptors (Lipinski definition) is 2. The van der Waals surface area contributed by atoms with Crippen LogP contribution < -0.4 is 0 Å². The minimum atomic E-state index is -0.273.